The second-order valence-corrected chi connectivity index (χ2v) is 15.0. The van der Waals surface area contributed by atoms with Crippen molar-refractivity contribution >= 4 is 30.0 Å². The molecule has 2 aromatic rings. The Morgan fingerprint density at radius 3 is 2.18 bits per heavy atom. The number of rotatable bonds is 6. The van der Waals surface area contributed by atoms with Crippen molar-refractivity contribution in [3.8, 4) is 23.0 Å². The molecular formula is C40H48O11. The van der Waals surface area contributed by atoms with Gasteiger partial charge in [-0.05, 0) is 106 Å². The summed E-state index contributed by atoms with van der Waals surface area (Å²) in [6.45, 7) is 10.5. The lowest BCUT2D eigenvalue weighted by atomic mass is 9.48. The number of fused-ring (bicyclic) bond motifs is 5. The number of Topliss-reactive ketones (excluding diaryl/α,β-unsaturated/α-hetero) is 1. The molecule has 3 fully saturated rings. The molecule has 0 radical (unpaired) electrons. The Labute approximate surface area is 298 Å². The van der Waals surface area contributed by atoms with Crippen molar-refractivity contribution in [1.82, 2.24) is 0 Å². The fourth-order valence-corrected chi connectivity index (χ4v) is 9.45. The van der Waals surface area contributed by atoms with Crippen LogP contribution in [-0.2, 0) is 14.3 Å². The maximum Gasteiger partial charge on any atom is 0.347 e. The first-order valence-corrected chi connectivity index (χ1v) is 17.5. The molecule has 2 aromatic carbocycles. The number of ketones is 1. The monoisotopic (exact) mass is 704 g/mol. The number of aromatic hydroxyl groups is 2. The smallest absolute Gasteiger partial charge is 0.347 e. The van der Waals surface area contributed by atoms with Crippen LogP contribution >= 0.6 is 0 Å². The number of hydrogen-bond donors (Lipinski definition) is 3. The summed E-state index contributed by atoms with van der Waals surface area (Å²) >= 11 is 0. The Morgan fingerprint density at radius 2 is 1.55 bits per heavy atom. The van der Waals surface area contributed by atoms with Gasteiger partial charge in [0.05, 0.1) is 12.7 Å². The lowest BCUT2D eigenvalue weighted by Crippen LogP contribution is -2.50. The zero-order chi connectivity index (χ0) is 37.6. The normalized spacial score (nSPS) is 27.7. The van der Waals surface area contributed by atoms with Crippen molar-refractivity contribution in [1.29, 1.82) is 0 Å². The van der Waals surface area contributed by atoms with Crippen LogP contribution in [0.4, 0.5) is 0 Å². The van der Waals surface area contributed by atoms with Crippen molar-refractivity contribution in [2.45, 2.75) is 99.0 Å². The first-order valence-electron chi connectivity index (χ1n) is 17.5. The Morgan fingerprint density at radius 1 is 0.902 bits per heavy atom. The fourth-order valence-electron chi connectivity index (χ4n) is 9.45. The summed E-state index contributed by atoms with van der Waals surface area (Å²) in [5.74, 6) is -1.04. The number of ether oxygens (including phenoxy) is 3. The van der Waals surface area contributed by atoms with E-state index in [0.717, 1.165) is 44.9 Å². The highest BCUT2D eigenvalue weighted by molar-refractivity contribution is 6.01. The van der Waals surface area contributed by atoms with E-state index in [9.17, 15) is 39.3 Å². The quantitative estimate of drug-likeness (QED) is 0.120. The summed E-state index contributed by atoms with van der Waals surface area (Å²) in [6, 6.07) is 2.71. The maximum atomic E-state index is 12.6. The van der Waals surface area contributed by atoms with E-state index in [1.54, 1.807) is 0 Å². The topological polar surface area (TPSA) is 174 Å². The molecule has 0 saturated heterocycles. The number of allylic oxidation sites excluding steroid dienone is 1. The lowest BCUT2D eigenvalue weighted by Gasteiger charge is -2.56. The minimum atomic E-state index is -1.38. The van der Waals surface area contributed by atoms with Crippen molar-refractivity contribution in [3.63, 3.8) is 0 Å². The van der Waals surface area contributed by atoms with E-state index in [4.69, 9.17) is 14.2 Å². The van der Waals surface area contributed by atoms with Gasteiger partial charge in [-0.3, -0.25) is 14.4 Å². The molecule has 0 aromatic heterocycles. The van der Waals surface area contributed by atoms with E-state index in [-0.39, 0.29) is 62.2 Å². The molecule has 6 rings (SSSR count). The predicted molar refractivity (Wildman–Crippen MR) is 187 cm³/mol. The number of benzene rings is 2. The van der Waals surface area contributed by atoms with E-state index < -0.39 is 23.4 Å². The van der Waals surface area contributed by atoms with Crippen LogP contribution in [0.25, 0.3) is 0 Å². The van der Waals surface area contributed by atoms with Gasteiger partial charge >= 0.3 is 17.9 Å². The molecule has 3 saturated carbocycles. The number of carbonyl (C=O) groups excluding carboxylic acids is 4. The average Bonchev–Trinajstić information content (AvgIpc) is 3.37. The highest BCUT2D eigenvalue weighted by Gasteiger charge is 2.58. The van der Waals surface area contributed by atoms with Crippen molar-refractivity contribution in [3.05, 3.63) is 57.2 Å². The molecule has 11 heteroatoms. The Hall–Kier alpha value is -4.67. The summed E-state index contributed by atoms with van der Waals surface area (Å²) in [7, 11) is 1.31. The van der Waals surface area contributed by atoms with Gasteiger partial charge in [-0.2, -0.15) is 0 Å². The van der Waals surface area contributed by atoms with Gasteiger partial charge in [0.2, 0.25) is 0 Å². The van der Waals surface area contributed by atoms with Gasteiger partial charge in [-0.15, -0.1) is 0 Å². The van der Waals surface area contributed by atoms with Crippen LogP contribution in [0.5, 0.6) is 23.0 Å². The van der Waals surface area contributed by atoms with Gasteiger partial charge in [0.15, 0.2) is 6.29 Å². The van der Waals surface area contributed by atoms with Gasteiger partial charge in [0, 0.05) is 30.7 Å². The number of phenolic OH excluding ortho intramolecular Hbond substituents is 1. The van der Waals surface area contributed by atoms with Crippen LogP contribution in [0.2, 0.25) is 0 Å². The first kappa shape index (κ1) is 37.6. The third-order valence-electron chi connectivity index (χ3n) is 12.3. The molecule has 0 amide bonds. The highest BCUT2D eigenvalue weighted by Crippen LogP contribution is 2.64. The van der Waals surface area contributed by atoms with Crippen molar-refractivity contribution in [2.75, 3.05) is 7.11 Å². The van der Waals surface area contributed by atoms with Crippen LogP contribution in [0.3, 0.4) is 0 Å². The largest absolute Gasteiger partial charge is 0.507 e. The Balaban J connectivity index is 0.000000199. The number of aromatic carboxylic acids is 1. The molecule has 3 N–H and O–H groups in total. The standard InChI is InChI=1S/C21H30O3.C19H18O8/c1-13(22)24-15-8-10-20(2)14(12-15)4-5-16-17-6-7-19(23)21(17,3)11-9-18(16)20;1-8-5-13(26-4)11(7-20)17(22)14(8)19(25)27-12-6-9(2)16(21)15(10(12)3)18(23)24/h4,15-18H,5-12H2,1-3H3;5-7,21-22H,1-4H3,(H,23,24). The summed E-state index contributed by atoms with van der Waals surface area (Å²) in [6.07, 6.45) is 11.2. The number of methoxy groups -OCH3 is 1. The van der Waals surface area contributed by atoms with Crippen LogP contribution in [-0.4, -0.2) is 58.5 Å². The van der Waals surface area contributed by atoms with Crippen molar-refractivity contribution in [2.24, 2.45) is 28.6 Å². The number of carbonyl (C=O) groups is 5. The number of carboxylic acid groups (broad SMARTS) is 1. The fraction of sp³-hybridized carbons (Fsp3) is 0.525. The summed E-state index contributed by atoms with van der Waals surface area (Å²) < 4.78 is 15.8. The molecule has 6 unspecified atom stereocenters. The molecule has 0 heterocycles. The van der Waals surface area contributed by atoms with Crippen LogP contribution in [0.1, 0.15) is 120 Å². The molecule has 0 spiro atoms. The number of hydrogen-bond acceptors (Lipinski definition) is 10. The van der Waals surface area contributed by atoms with Crippen LogP contribution in [0, 0.1) is 49.4 Å². The molecule has 4 aliphatic rings. The van der Waals surface area contributed by atoms with E-state index in [2.05, 4.69) is 19.9 Å². The number of phenols is 2. The summed E-state index contributed by atoms with van der Waals surface area (Å²) in [5, 5.41) is 29.5. The molecular weight excluding hydrogens is 656 g/mol. The first-order chi connectivity index (χ1) is 24.0. The van der Waals surface area contributed by atoms with Gasteiger partial charge in [-0.25, -0.2) is 9.59 Å². The lowest BCUT2D eigenvalue weighted by molar-refractivity contribution is -0.148. The van der Waals surface area contributed by atoms with E-state index in [0.29, 0.717) is 35.4 Å². The van der Waals surface area contributed by atoms with Crippen LogP contribution in [0.15, 0.2) is 23.8 Å². The molecule has 4 aliphatic carbocycles. The SMILES string of the molecule is CC(=O)OC1CCC2(C)C(=CCC3C4CCC(=O)C4(C)CCC32)C1.COc1cc(C)c(C(=O)Oc2cc(C)c(O)c(C(=O)O)c2C)c(O)c1C=O. The van der Waals surface area contributed by atoms with Gasteiger partial charge in [0.25, 0.3) is 0 Å². The second kappa shape index (κ2) is 14.2. The average molecular weight is 705 g/mol. The highest BCUT2D eigenvalue weighted by atomic mass is 16.5. The maximum absolute atomic E-state index is 12.6. The minimum absolute atomic E-state index is 0.0419. The Kier molecular flexibility index (Phi) is 10.4. The van der Waals surface area contributed by atoms with Gasteiger partial charge < -0.3 is 29.5 Å². The number of esters is 2. The number of aldehydes is 1. The number of carboxylic acids is 1. The zero-order valence-corrected chi connectivity index (χ0v) is 30.4. The van der Waals surface area contributed by atoms with Gasteiger partial charge in [0.1, 0.15) is 46.0 Å². The summed E-state index contributed by atoms with van der Waals surface area (Å²) in [5.41, 5.74) is 1.43. The molecule has 6 atom stereocenters. The molecule has 11 nitrogen and oxygen atoms in total. The van der Waals surface area contributed by atoms with Crippen molar-refractivity contribution < 1.29 is 53.5 Å². The molecule has 274 valence electrons. The second-order valence-electron chi connectivity index (χ2n) is 15.0. The minimum Gasteiger partial charge on any atom is -0.507 e. The van der Waals surface area contributed by atoms with E-state index >= 15 is 0 Å². The molecule has 51 heavy (non-hydrogen) atoms. The summed E-state index contributed by atoms with van der Waals surface area (Å²) in [4.78, 5) is 58.9. The third-order valence-corrected chi connectivity index (χ3v) is 12.3. The predicted octanol–water partition coefficient (Wildman–Crippen LogP) is 7.21. The van der Waals surface area contributed by atoms with Crippen LogP contribution < -0.4 is 9.47 Å². The zero-order valence-electron chi connectivity index (χ0n) is 30.4. The van der Waals surface area contributed by atoms with Gasteiger partial charge in [-0.1, -0.05) is 25.5 Å². The molecule has 0 aliphatic heterocycles. The van der Waals surface area contributed by atoms with E-state index in [1.807, 2.05) is 0 Å². The van der Waals surface area contributed by atoms with E-state index in [1.165, 1.54) is 58.9 Å². The Bertz CT molecular complexity index is 1820. The number of aryl methyl sites for hydroxylation is 2. The third kappa shape index (κ3) is 6.63. The molecule has 0 bridgehead atoms.